The summed E-state index contributed by atoms with van der Waals surface area (Å²) >= 11 is 1.45. The third-order valence-electron chi connectivity index (χ3n) is 11.9. The molecular weight excluding hydrogens is 640 g/mol. The van der Waals surface area contributed by atoms with Gasteiger partial charge in [0.25, 0.3) is 0 Å². The summed E-state index contributed by atoms with van der Waals surface area (Å²) in [6.45, 7) is 6.73. The number of carbonyl (C=O) groups is 6. The van der Waals surface area contributed by atoms with Gasteiger partial charge in [0, 0.05) is 18.3 Å². The molecule has 3 saturated carbocycles. The molecule has 268 valence electrons. The Balaban J connectivity index is 1.31. The van der Waals surface area contributed by atoms with E-state index in [4.69, 9.17) is 4.74 Å². The van der Waals surface area contributed by atoms with Gasteiger partial charge < -0.3 is 30.7 Å². The number of aliphatic hydroxyl groups excluding tert-OH is 1. The summed E-state index contributed by atoms with van der Waals surface area (Å²) in [5.74, 6) is -3.56. The number of amides is 2. The predicted molar refractivity (Wildman–Crippen MR) is 178 cm³/mol. The largest absolute Gasteiger partial charge is 0.480 e. The van der Waals surface area contributed by atoms with Crippen LogP contribution in [0, 0.1) is 34.5 Å². The number of ether oxygens (including phenoxy) is 1. The Kier molecular flexibility index (Phi) is 11.9. The SMILES string of the molecule is CSCC[C@H](NC(=O)[C@H](NC(=O)CCC(=O)OCC(=O)[C@@]1(O)CC[C@@H]2[C@@H]3CCC4=CC(=O)CC[C@]4(C)[C@@H]3[C@@H](O)C[C@@]21C)C(C)C)C(=O)O. The number of carboxylic acids is 1. The van der Waals surface area contributed by atoms with E-state index in [-0.39, 0.29) is 67.0 Å². The lowest BCUT2D eigenvalue weighted by Gasteiger charge is -2.60. The summed E-state index contributed by atoms with van der Waals surface area (Å²) < 4.78 is 5.23. The second-order valence-corrected chi connectivity index (χ2v) is 16.0. The van der Waals surface area contributed by atoms with Crippen LogP contribution in [0.2, 0.25) is 0 Å². The van der Waals surface area contributed by atoms with E-state index in [1.54, 1.807) is 19.9 Å². The van der Waals surface area contributed by atoms with Crippen LogP contribution in [0.3, 0.4) is 0 Å². The van der Waals surface area contributed by atoms with E-state index in [9.17, 15) is 44.1 Å². The number of fused-ring (bicyclic) bond motifs is 5. The molecule has 0 spiro atoms. The molecule has 2 amide bonds. The maximum absolute atomic E-state index is 13.5. The Bertz CT molecular complexity index is 1330. The first-order valence-electron chi connectivity index (χ1n) is 17.1. The number of hydrogen-bond donors (Lipinski definition) is 5. The average Bonchev–Trinajstić information content (AvgIpc) is 3.29. The number of thioether (sulfide) groups is 1. The van der Waals surface area contributed by atoms with E-state index in [0.717, 1.165) is 18.4 Å². The first kappa shape index (κ1) is 38.0. The van der Waals surface area contributed by atoms with Crippen molar-refractivity contribution in [3.8, 4) is 0 Å². The summed E-state index contributed by atoms with van der Waals surface area (Å²) in [7, 11) is 0. The van der Waals surface area contributed by atoms with Crippen LogP contribution in [0.4, 0.5) is 0 Å². The second-order valence-electron chi connectivity index (χ2n) is 15.0. The molecule has 0 aromatic heterocycles. The van der Waals surface area contributed by atoms with E-state index in [0.29, 0.717) is 25.0 Å². The van der Waals surface area contributed by atoms with Gasteiger partial charge in [-0.1, -0.05) is 33.3 Å². The summed E-state index contributed by atoms with van der Waals surface area (Å²) in [5, 5.41) is 37.9. The van der Waals surface area contributed by atoms with Crippen LogP contribution in [-0.2, 0) is 33.5 Å². The molecule has 12 nitrogen and oxygen atoms in total. The molecule has 9 atom stereocenters. The Labute approximate surface area is 286 Å². The van der Waals surface area contributed by atoms with Crippen LogP contribution >= 0.6 is 11.8 Å². The van der Waals surface area contributed by atoms with Gasteiger partial charge in [0.05, 0.1) is 12.5 Å². The van der Waals surface area contributed by atoms with Crippen molar-refractivity contribution in [1.29, 1.82) is 0 Å². The maximum atomic E-state index is 13.5. The number of carbonyl (C=O) groups excluding carboxylic acids is 5. The Morgan fingerprint density at radius 2 is 1.77 bits per heavy atom. The number of ketones is 2. The topological polar surface area (TPSA) is 196 Å². The molecule has 0 aliphatic heterocycles. The highest BCUT2D eigenvalue weighted by Crippen LogP contribution is 2.67. The Morgan fingerprint density at radius 3 is 2.42 bits per heavy atom. The molecule has 0 heterocycles. The van der Waals surface area contributed by atoms with Crippen LogP contribution in [0.25, 0.3) is 0 Å². The zero-order chi connectivity index (χ0) is 35.6. The van der Waals surface area contributed by atoms with Crippen molar-refractivity contribution in [3.05, 3.63) is 11.6 Å². The van der Waals surface area contributed by atoms with E-state index >= 15 is 0 Å². The molecule has 0 aromatic rings. The number of hydrogen-bond acceptors (Lipinski definition) is 10. The number of carboxylic acid groups (broad SMARTS) is 1. The number of allylic oxidation sites excluding steroid dienone is 1. The molecular formula is C35H52N2O10S. The van der Waals surface area contributed by atoms with Gasteiger partial charge in [0.1, 0.15) is 17.7 Å². The molecule has 0 bridgehead atoms. The first-order chi connectivity index (χ1) is 22.5. The fourth-order valence-electron chi connectivity index (χ4n) is 9.24. The average molecular weight is 693 g/mol. The van der Waals surface area contributed by atoms with Crippen molar-refractivity contribution in [2.45, 2.75) is 116 Å². The lowest BCUT2D eigenvalue weighted by Crippen LogP contribution is -2.62. The highest BCUT2D eigenvalue weighted by Gasteiger charge is 2.68. The van der Waals surface area contributed by atoms with Crippen molar-refractivity contribution in [1.82, 2.24) is 10.6 Å². The van der Waals surface area contributed by atoms with E-state index in [1.165, 1.54) is 11.8 Å². The minimum absolute atomic E-state index is 0.0161. The van der Waals surface area contributed by atoms with Crippen molar-refractivity contribution < 1.29 is 48.8 Å². The molecule has 0 aromatic carbocycles. The number of nitrogens with one attached hydrogen (secondary N) is 2. The fourth-order valence-corrected chi connectivity index (χ4v) is 9.71. The third-order valence-corrected chi connectivity index (χ3v) is 12.6. The van der Waals surface area contributed by atoms with Crippen molar-refractivity contribution in [2.75, 3.05) is 18.6 Å². The lowest BCUT2D eigenvalue weighted by atomic mass is 9.45. The molecule has 3 fully saturated rings. The smallest absolute Gasteiger partial charge is 0.326 e. The quantitative estimate of drug-likeness (QED) is 0.168. The molecule has 4 aliphatic carbocycles. The van der Waals surface area contributed by atoms with Crippen LogP contribution in [0.1, 0.15) is 91.9 Å². The molecule has 0 saturated heterocycles. The van der Waals surface area contributed by atoms with E-state index in [2.05, 4.69) is 17.6 Å². The minimum Gasteiger partial charge on any atom is -0.480 e. The zero-order valence-corrected chi connectivity index (χ0v) is 29.5. The van der Waals surface area contributed by atoms with Gasteiger partial charge in [0.15, 0.2) is 12.4 Å². The monoisotopic (exact) mass is 692 g/mol. The van der Waals surface area contributed by atoms with Gasteiger partial charge in [-0.3, -0.25) is 24.0 Å². The summed E-state index contributed by atoms with van der Waals surface area (Å²) in [5.41, 5.74) is -1.90. The Morgan fingerprint density at radius 1 is 1.06 bits per heavy atom. The van der Waals surface area contributed by atoms with E-state index < -0.39 is 65.3 Å². The van der Waals surface area contributed by atoms with Crippen LogP contribution in [0.15, 0.2) is 11.6 Å². The second kappa shape index (κ2) is 15.0. The lowest BCUT2D eigenvalue weighted by molar-refractivity contribution is -0.184. The summed E-state index contributed by atoms with van der Waals surface area (Å²) in [6, 6.07) is -2.11. The molecule has 5 N–H and O–H groups in total. The summed E-state index contributed by atoms with van der Waals surface area (Å²) in [4.78, 5) is 75.3. The van der Waals surface area contributed by atoms with Crippen molar-refractivity contribution in [2.24, 2.45) is 34.5 Å². The first-order valence-corrected chi connectivity index (χ1v) is 18.5. The van der Waals surface area contributed by atoms with Gasteiger partial charge >= 0.3 is 11.9 Å². The number of Topliss-reactive ketones (excluding diaryl/α,β-unsaturated/α-hetero) is 1. The molecule has 4 rings (SSSR count). The number of aliphatic hydroxyl groups is 2. The standard InChI is InChI=1S/C35H52N2O10S/c1-19(2)30(31(43)36-24(32(44)45)12-15-48-5)37-27(41)8-9-28(42)47-18-26(40)35(46)14-11-23-22-7-6-20-16-21(38)10-13-33(20,3)29(22)25(39)17-34(23,35)4/h16,19,22-25,29-30,39,46H,6-15,17-18H2,1-5H3,(H,36,43)(H,37,41)(H,44,45)/t22-,23+,24-,25-,29-,30+,33-,34-,35-/m0/s1. The van der Waals surface area contributed by atoms with Gasteiger partial charge in [-0.2, -0.15) is 11.8 Å². The number of esters is 1. The van der Waals surface area contributed by atoms with Gasteiger partial charge in [0.2, 0.25) is 17.6 Å². The molecule has 4 aliphatic rings. The van der Waals surface area contributed by atoms with Gasteiger partial charge in [-0.05, 0) is 92.1 Å². The molecule has 13 heteroatoms. The highest BCUT2D eigenvalue weighted by atomic mass is 32.2. The normalized spacial score (nSPS) is 33.8. The van der Waals surface area contributed by atoms with Crippen LogP contribution in [0.5, 0.6) is 0 Å². The maximum Gasteiger partial charge on any atom is 0.326 e. The molecule has 0 radical (unpaired) electrons. The number of rotatable bonds is 14. The van der Waals surface area contributed by atoms with Gasteiger partial charge in [-0.15, -0.1) is 0 Å². The van der Waals surface area contributed by atoms with Crippen molar-refractivity contribution >= 4 is 47.1 Å². The van der Waals surface area contributed by atoms with Crippen LogP contribution < -0.4 is 10.6 Å². The zero-order valence-electron chi connectivity index (χ0n) is 28.7. The van der Waals surface area contributed by atoms with Crippen LogP contribution in [-0.4, -0.2) is 93.0 Å². The highest BCUT2D eigenvalue weighted by molar-refractivity contribution is 7.98. The van der Waals surface area contributed by atoms with Gasteiger partial charge in [-0.25, -0.2) is 4.79 Å². The summed E-state index contributed by atoms with van der Waals surface area (Å²) in [6.07, 6.45) is 6.04. The number of aliphatic carboxylic acids is 1. The third kappa shape index (κ3) is 7.38. The van der Waals surface area contributed by atoms with Crippen molar-refractivity contribution in [3.63, 3.8) is 0 Å². The fraction of sp³-hybridized carbons (Fsp3) is 0.771. The molecule has 0 unspecified atom stereocenters. The van der Waals surface area contributed by atoms with E-state index in [1.807, 2.05) is 13.2 Å². The minimum atomic E-state index is -1.79. The molecule has 48 heavy (non-hydrogen) atoms. The Hall–Kier alpha value is -2.77. The predicted octanol–water partition coefficient (Wildman–Crippen LogP) is 2.58.